The lowest BCUT2D eigenvalue weighted by molar-refractivity contribution is 0.792. The van der Waals surface area contributed by atoms with Crippen LogP contribution in [0.5, 0.6) is 0 Å². The van der Waals surface area contributed by atoms with Gasteiger partial charge in [0, 0.05) is 36.8 Å². The third kappa shape index (κ3) is 3.05. The van der Waals surface area contributed by atoms with Crippen molar-refractivity contribution in [2.75, 3.05) is 0 Å². The summed E-state index contributed by atoms with van der Waals surface area (Å²) in [5.74, 6) is 1.37. The first-order valence-electron chi connectivity index (χ1n) is 7.41. The summed E-state index contributed by atoms with van der Waals surface area (Å²) >= 11 is 2.93. The number of aryl methyl sites for hydroxylation is 1. The highest BCUT2D eigenvalue weighted by atomic mass is 32.2. The number of fused-ring (bicyclic) bond motifs is 1. The normalized spacial score (nSPS) is 11.3. The fourth-order valence-corrected chi connectivity index (χ4v) is 4.18. The molecule has 0 aliphatic carbocycles. The van der Waals surface area contributed by atoms with Gasteiger partial charge in [-0.3, -0.25) is 9.78 Å². The van der Waals surface area contributed by atoms with E-state index >= 15 is 0 Å². The minimum atomic E-state index is -0.159. The van der Waals surface area contributed by atoms with Gasteiger partial charge in [0.25, 0.3) is 5.56 Å². The van der Waals surface area contributed by atoms with E-state index in [0.29, 0.717) is 16.4 Å². The lowest BCUT2D eigenvalue weighted by atomic mass is 10.2. The van der Waals surface area contributed by atoms with Crippen LogP contribution in [0.4, 0.5) is 0 Å². The lowest BCUT2D eigenvalue weighted by Crippen LogP contribution is -2.14. The molecule has 4 aromatic heterocycles. The Hall–Kier alpha value is -2.59. The van der Waals surface area contributed by atoms with Crippen LogP contribution in [0.25, 0.3) is 16.3 Å². The first-order chi connectivity index (χ1) is 12.1. The molecule has 0 atom stereocenters. The van der Waals surface area contributed by atoms with E-state index in [9.17, 15) is 4.79 Å². The van der Waals surface area contributed by atoms with Crippen molar-refractivity contribution in [1.82, 2.24) is 34.3 Å². The fourth-order valence-electron chi connectivity index (χ4n) is 2.34. The molecule has 0 radical (unpaired) electrons. The van der Waals surface area contributed by atoms with Gasteiger partial charge in [0.1, 0.15) is 5.01 Å². The quantitative estimate of drug-likeness (QED) is 0.506. The Bertz CT molecular complexity index is 1100. The molecule has 0 spiro atoms. The number of nitrogens with zero attached hydrogens (tertiary/aromatic N) is 7. The maximum Gasteiger partial charge on any atom is 0.275 e. The maximum absolute atomic E-state index is 11.9. The van der Waals surface area contributed by atoms with E-state index in [1.165, 1.54) is 33.7 Å². The van der Waals surface area contributed by atoms with E-state index < -0.39 is 0 Å². The van der Waals surface area contributed by atoms with Gasteiger partial charge in [-0.25, -0.2) is 4.98 Å². The monoisotopic (exact) mass is 371 g/mol. The molecule has 126 valence electrons. The maximum atomic E-state index is 11.9. The van der Waals surface area contributed by atoms with Gasteiger partial charge in [-0.15, -0.1) is 10.2 Å². The van der Waals surface area contributed by atoms with E-state index in [1.54, 1.807) is 19.3 Å². The zero-order valence-corrected chi connectivity index (χ0v) is 15.1. The van der Waals surface area contributed by atoms with Gasteiger partial charge in [-0.05, 0) is 19.1 Å². The first kappa shape index (κ1) is 15.9. The Morgan fingerprint density at radius 1 is 1.24 bits per heavy atom. The van der Waals surface area contributed by atoms with Gasteiger partial charge in [-0.1, -0.05) is 23.1 Å². The molecule has 0 unspecified atom stereocenters. The molecule has 10 heteroatoms. The number of aromatic nitrogens is 7. The number of rotatable bonds is 4. The van der Waals surface area contributed by atoms with Crippen molar-refractivity contribution < 1.29 is 0 Å². The van der Waals surface area contributed by atoms with E-state index in [4.69, 9.17) is 0 Å². The van der Waals surface area contributed by atoms with Crippen molar-refractivity contribution in [2.45, 2.75) is 17.8 Å². The second-order valence-corrected chi connectivity index (χ2v) is 7.30. The third-order valence-corrected chi connectivity index (χ3v) is 5.64. The summed E-state index contributed by atoms with van der Waals surface area (Å²) in [7, 11) is 1.92. The SMILES string of the molecule is Cc1cc(=O)n2nc(CSc3nnc(-c4ccncc4)n3C)sc2n1. The van der Waals surface area contributed by atoms with Crippen molar-refractivity contribution in [3.63, 3.8) is 0 Å². The number of thioether (sulfide) groups is 1. The minimum Gasteiger partial charge on any atom is -0.305 e. The standard InChI is InChI=1S/C15H13N7OS2/c1-9-7-12(23)22-14(17-9)25-11(20-22)8-24-15-19-18-13(21(15)2)10-3-5-16-6-4-10/h3-7H,8H2,1-2H3. The molecule has 0 saturated heterocycles. The van der Waals surface area contributed by atoms with Gasteiger partial charge in [-0.2, -0.15) is 9.61 Å². The predicted octanol–water partition coefficient (Wildman–Crippen LogP) is 1.94. The zero-order chi connectivity index (χ0) is 17.4. The van der Waals surface area contributed by atoms with Gasteiger partial charge < -0.3 is 4.57 Å². The highest BCUT2D eigenvalue weighted by Crippen LogP contribution is 2.26. The summed E-state index contributed by atoms with van der Waals surface area (Å²) in [6, 6.07) is 5.27. The Balaban J connectivity index is 1.57. The van der Waals surface area contributed by atoms with Crippen molar-refractivity contribution >= 4 is 28.1 Å². The molecule has 4 heterocycles. The summed E-state index contributed by atoms with van der Waals surface area (Å²) in [5.41, 5.74) is 1.50. The van der Waals surface area contributed by atoms with Crippen molar-refractivity contribution in [2.24, 2.45) is 7.05 Å². The van der Waals surface area contributed by atoms with Crippen molar-refractivity contribution in [3.05, 3.63) is 51.6 Å². The van der Waals surface area contributed by atoms with E-state index in [-0.39, 0.29) is 5.56 Å². The van der Waals surface area contributed by atoms with Crippen LogP contribution >= 0.6 is 23.1 Å². The molecule has 25 heavy (non-hydrogen) atoms. The number of hydrogen-bond donors (Lipinski definition) is 0. The second-order valence-electron chi connectivity index (χ2n) is 5.32. The van der Waals surface area contributed by atoms with Crippen LogP contribution in [-0.2, 0) is 12.8 Å². The van der Waals surface area contributed by atoms with Gasteiger partial charge in [0.2, 0.25) is 4.96 Å². The molecule has 0 bridgehead atoms. The van der Waals surface area contributed by atoms with Crippen molar-refractivity contribution in [3.8, 4) is 11.4 Å². The topological polar surface area (TPSA) is 90.9 Å². The molecule has 0 amide bonds. The highest BCUT2D eigenvalue weighted by Gasteiger charge is 2.13. The molecular weight excluding hydrogens is 358 g/mol. The van der Waals surface area contributed by atoms with Gasteiger partial charge in [0.15, 0.2) is 11.0 Å². The molecule has 4 rings (SSSR count). The molecule has 8 nitrogen and oxygen atoms in total. The zero-order valence-electron chi connectivity index (χ0n) is 13.4. The number of hydrogen-bond acceptors (Lipinski definition) is 8. The molecule has 0 N–H and O–H groups in total. The van der Waals surface area contributed by atoms with E-state index in [1.807, 2.05) is 23.7 Å². The summed E-state index contributed by atoms with van der Waals surface area (Å²) in [5, 5.41) is 14.4. The summed E-state index contributed by atoms with van der Waals surface area (Å²) in [6.45, 7) is 1.80. The third-order valence-electron chi connectivity index (χ3n) is 3.51. The summed E-state index contributed by atoms with van der Waals surface area (Å²) in [6.07, 6.45) is 3.45. The van der Waals surface area contributed by atoms with E-state index in [0.717, 1.165) is 21.6 Å². The second kappa shape index (κ2) is 6.37. The van der Waals surface area contributed by atoms with Crippen LogP contribution in [0, 0.1) is 6.92 Å². The molecule has 0 saturated carbocycles. The Labute approximate surface area is 150 Å². The van der Waals surface area contributed by atoms with Crippen LogP contribution in [0.3, 0.4) is 0 Å². The lowest BCUT2D eigenvalue weighted by Gasteiger charge is -2.02. The molecule has 0 fully saturated rings. The Morgan fingerprint density at radius 3 is 2.84 bits per heavy atom. The predicted molar refractivity (Wildman–Crippen MR) is 95.7 cm³/mol. The smallest absolute Gasteiger partial charge is 0.275 e. The van der Waals surface area contributed by atoms with Crippen molar-refractivity contribution in [1.29, 1.82) is 0 Å². The largest absolute Gasteiger partial charge is 0.305 e. The highest BCUT2D eigenvalue weighted by molar-refractivity contribution is 7.98. The molecule has 0 aliphatic rings. The van der Waals surface area contributed by atoms with Crippen LogP contribution < -0.4 is 5.56 Å². The average molecular weight is 371 g/mol. The Kier molecular flexibility index (Phi) is 4.06. The molecule has 0 aromatic carbocycles. The molecule has 4 aromatic rings. The van der Waals surface area contributed by atoms with Gasteiger partial charge in [0.05, 0.1) is 5.75 Å². The minimum absolute atomic E-state index is 0.159. The van der Waals surface area contributed by atoms with Gasteiger partial charge >= 0.3 is 0 Å². The molecule has 0 aliphatic heterocycles. The number of pyridine rings is 1. The Morgan fingerprint density at radius 2 is 2.04 bits per heavy atom. The average Bonchev–Trinajstić information content (AvgIpc) is 3.17. The summed E-state index contributed by atoms with van der Waals surface area (Å²) in [4.78, 5) is 20.9. The van der Waals surface area contributed by atoms with Crippen LogP contribution in [0.15, 0.2) is 40.5 Å². The van der Waals surface area contributed by atoms with Crippen LogP contribution in [0.2, 0.25) is 0 Å². The summed E-state index contributed by atoms with van der Waals surface area (Å²) < 4.78 is 3.27. The first-order valence-corrected chi connectivity index (χ1v) is 9.21. The van der Waals surface area contributed by atoms with Crippen LogP contribution in [0.1, 0.15) is 10.7 Å². The molecular formula is C15H13N7OS2. The fraction of sp³-hybridized carbons (Fsp3) is 0.200. The van der Waals surface area contributed by atoms with E-state index in [2.05, 4.69) is 25.3 Å². The van der Waals surface area contributed by atoms with Crippen LogP contribution in [-0.4, -0.2) is 34.3 Å².